The first-order valence-corrected chi connectivity index (χ1v) is 8.05. The predicted molar refractivity (Wildman–Crippen MR) is 82.2 cm³/mol. The summed E-state index contributed by atoms with van der Waals surface area (Å²) in [5, 5.41) is 12.9. The van der Waals surface area contributed by atoms with Crippen molar-refractivity contribution >= 4 is 40.9 Å². The monoisotopic (exact) mass is 321 g/mol. The van der Waals surface area contributed by atoms with E-state index in [-0.39, 0.29) is 25.0 Å². The predicted octanol–water partition coefficient (Wildman–Crippen LogP) is 2.77. The zero-order chi connectivity index (χ0) is 14.3. The van der Waals surface area contributed by atoms with Crippen molar-refractivity contribution in [3.8, 4) is 0 Å². The number of amides is 1. The molecule has 3 nitrogen and oxygen atoms in total. The molecule has 0 saturated carbocycles. The zero-order valence-electron chi connectivity index (χ0n) is 10.7. The van der Waals surface area contributed by atoms with Gasteiger partial charge in [0.25, 0.3) is 0 Å². The molecule has 0 unspecified atom stereocenters. The Bertz CT molecular complexity index is 423. The van der Waals surface area contributed by atoms with Crippen molar-refractivity contribution in [1.82, 2.24) is 5.32 Å². The number of aliphatic hydroxyl groups is 1. The van der Waals surface area contributed by atoms with Crippen molar-refractivity contribution in [1.29, 1.82) is 0 Å². The van der Waals surface area contributed by atoms with Crippen molar-refractivity contribution in [2.75, 3.05) is 18.6 Å². The van der Waals surface area contributed by atoms with E-state index in [2.05, 4.69) is 5.32 Å². The van der Waals surface area contributed by atoms with Gasteiger partial charge in [-0.15, -0.1) is 0 Å². The molecular formula is C13H17Cl2NO2S. The van der Waals surface area contributed by atoms with Crippen LogP contribution in [0.2, 0.25) is 10.0 Å². The summed E-state index contributed by atoms with van der Waals surface area (Å²) in [6, 6.07) is 5.04. The SMILES string of the molecule is CSC[C@@H](CCO)NC(=O)Cc1cc(Cl)ccc1Cl. The number of rotatable bonds is 7. The second-order valence-electron chi connectivity index (χ2n) is 4.14. The van der Waals surface area contributed by atoms with Gasteiger partial charge in [-0.25, -0.2) is 0 Å². The Morgan fingerprint density at radius 3 is 2.84 bits per heavy atom. The summed E-state index contributed by atoms with van der Waals surface area (Å²) in [5.74, 6) is 0.659. The van der Waals surface area contributed by atoms with Gasteiger partial charge in [-0.3, -0.25) is 4.79 Å². The second kappa shape index (κ2) is 8.69. The largest absolute Gasteiger partial charge is 0.396 e. The molecule has 0 aliphatic heterocycles. The third kappa shape index (κ3) is 6.04. The highest BCUT2D eigenvalue weighted by Gasteiger charge is 2.13. The van der Waals surface area contributed by atoms with Crippen LogP contribution in [-0.4, -0.2) is 35.7 Å². The topological polar surface area (TPSA) is 49.3 Å². The van der Waals surface area contributed by atoms with E-state index in [1.807, 2.05) is 6.26 Å². The lowest BCUT2D eigenvalue weighted by Gasteiger charge is -2.17. The fourth-order valence-electron chi connectivity index (χ4n) is 1.68. The molecule has 1 aromatic rings. The lowest BCUT2D eigenvalue weighted by molar-refractivity contribution is -0.121. The third-order valence-electron chi connectivity index (χ3n) is 2.57. The molecule has 0 radical (unpaired) electrons. The number of carbonyl (C=O) groups is 1. The van der Waals surface area contributed by atoms with Crippen molar-refractivity contribution < 1.29 is 9.90 Å². The van der Waals surface area contributed by atoms with E-state index in [9.17, 15) is 4.79 Å². The summed E-state index contributed by atoms with van der Waals surface area (Å²) in [5.41, 5.74) is 0.707. The number of hydrogen-bond acceptors (Lipinski definition) is 3. The van der Waals surface area contributed by atoms with E-state index in [1.165, 1.54) is 0 Å². The van der Waals surface area contributed by atoms with E-state index >= 15 is 0 Å². The van der Waals surface area contributed by atoms with Crippen molar-refractivity contribution in [3.63, 3.8) is 0 Å². The molecule has 106 valence electrons. The number of aliphatic hydroxyl groups excluding tert-OH is 1. The van der Waals surface area contributed by atoms with E-state index in [0.29, 0.717) is 22.0 Å². The number of hydrogen-bond donors (Lipinski definition) is 2. The Labute approximate surface area is 127 Å². The van der Waals surface area contributed by atoms with Crippen LogP contribution in [0, 0.1) is 0 Å². The minimum atomic E-state index is -0.114. The van der Waals surface area contributed by atoms with E-state index in [0.717, 1.165) is 5.75 Å². The molecular weight excluding hydrogens is 305 g/mol. The average molecular weight is 322 g/mol. The van der Waals surface area contributed by atoms with Gasteiger partial charge in [0.05, 0.1) is 6.42 Å². The summed E-state index contributed by atoms with van der Waals surface area (Å²) in [6.45, 7) is 0.0590. The maximum absolute atomic E-state index is 11.9. The number of halogens is 2. The molecule has 0 aliphatic rings. The van der Waals surface area contributed by atoms with Crippen molar-refractivity contribution in [2.24, 2.45) is 0 Å². The normalized spacial score (nSPS) is 12.2. The summed E-state index contributed by atoms with van der Waals surface area (Å²) >= 11 is 13.5. The Hall–Kier alpha value is -0.420. The molecule has 1 rings (SSSR count). The first-order valence-electron chi connectivity index (χ1n) is 5.90. The van der Waals surface area contributed by atoms with Crippen LogP contribution in [0.15, 0.2) is 18.2 Å². The summed E-state index contributed by atoms with van der Waals surface area (Å²) in [4.78, 5) is 11.9. The molecule has 6 heteroatoms. The van der Waals surface area contributed by atoms with E-state index < -0.39 is 0 Å². The highest BCUT2D eigenvalue weighted by atomic mass is 35.5. The van der Waals surface area contributed by atoms with Gasteiger partial charge in [-0.2, -0.15) is 11.8 Å². The first kappa shape index (κ1) is 16.6. The number of thioether (sulfide) groups is 1. The maximum Gasteiger partial charge on any atom is 0.224 e. The Balaban J connectivity index is 2.60. The first-order chi connectivity index (χ1) is 9.06. The molecule has 19 heavy (non-hydrogen) atoms. The van der Waals surface area contributed by atoms with Gasteiger partial charge in [0, 0.05) is 28.4 Å². The molecule has 0 bridgehead atoms. The van der Waals surface area contributed by atoms with Gasteiger partial charge < -0.3 is 10.4 Å². The Morgan fingerprint density at radius 1 is 1.47 bits per heavy atom. The lowest BCUT2D eigenvalue weighted by atomic mass is 10.1. The van der Waals surface area contributed by atoms with Crippen LogP contribution >= 0.6 is 35.0 Å². The fraction of sp³-hybridized carbons (Fsp3) is 0.462. The van der Waals surface area contributed by atoms with Crippen LogP contribution in [0.5, 0.6) is 0 Å². The molecule has 0 spiro atoms. The highest BCUT2D eigenvalue weighted by Crippen LogP contribution is 2.21. The average Bonchev–Trinajstić information content (AvgIpc) is 2.34. The van der Waals surface area contributed by atoms with Gasteiger partial charge in [0.1, 0.15) is 0 Å². The standard InChI is InChI=1S/C13H17Cl2NO2S/c1-19-8-11(4-5-17)16-13(18)7-9-6-10(14)2-3-12(9)15/h2-3,6,11,17H,4-5,7-8H2,1H3,(H,16,18)/t11-/m1/s1. The Kier molecular flexibility index (Phi) is 7.61. The minimum absolute atomic E-state index is 0.0227. The van der Waals surface area contributed by atoms with E-state index in [1.54, 1.807) is 30.0 Å². The van der Waals surface area contributed by atoms with Crippen LogP contribution < -0.4 is 5.32 Å². The number of benzene rings is 1. The summed E-state index contributed by atoms with van der Waals surface area (Å²) in [7, 11) is 0. The number of nitrogens with one attached hydrogen (secondary N) is 1. The second-order valence-corrected chi connectivity index (χ2v) is 5.90. The van der Waals surface area contributed by atoms with Crippen molar-refractivity contribution in [3.05, 3.63) is 33.8 Å². The fourth-order valence-corrected chi connectivity index (χ4v) is 2.72. The molecule has 0 saturated heterocycles. The maximum atomic E-state index is 11.9. The molecule has 1 aromatic carbocycles. The molecule has 0 aliphatic carbocycles. The Morgan fingerprint density at radius 2 is 2.21 bits per heavy atom. The molecule has 0 heterocycles. The molecule has 2 N–H and O–H groups in total. The molecule has 0 fully saturated rings. The van der Waals surface area contributed by atoms with Crippen LogP contribution in [0.4, 0.5) is 0 Å². The van der Waals surface area contributed by atoms with Crippen LogP contribution in [0.25, 0.3) is 0 Å². The van der Waals surface area contributed by atoms with E-state index in [4.69, 9.17) is 28.3 Å². The van der Waals surface area contributed by atoms with Crippen LogP contribution in [0.3, 0.4) is 0 Å². The van der Waals surface area contributed by atoms with Crippen LogP contribution in [0.1, 0.15) is 12.0 Å². The molecule has 1 atom stereocenters. The lowest BCUT2D eigenvalue weighted by Crippen LogP contribution is -2.38. The minimum Gasteiger partial charge on any atom is -0.396 e. The third-order valence-corrected chi connectivity index (χ3v) is 3.91. The summed E-state index contributed by atoms with van der Waals surface area (Å²) < 4.78 is 0. The number of carbonyl (C=O) groups excluding carboxylic acids is 1. The summed E-state index contributed by atoms with van der Waals surface area (Å²) in [6.07, 6.45) is 2.70. The van der Waals surface area contributed by atoms with Gasteiger partial charge >= 0.3 is 0 Å². The quantitative estimate of drug-likeness (QED) is 0.811. The van der Waals surface area contributed by atoms with Crippen molar-refractivity contribution in [2.45, 2.75) is 18.9 Å². The van der Waals surface area contributed by atoms with Gasteiger partial charge in [-0.1, -0.05) is 23.2 Å². The molecule has 0 aromatic heterocycles. The molecule has 1 amide bonds. The highest BCUT2D eigenvalue weighted by molar-refractivity contribution is 7.98. The van der Waals surface area contributed by atoms with Gasteiger partial charge in [-0.05, 0) is 36.4 Å². The van der Waals surface area contributed by atoms with Gasteiger partial charge in [0.2, 0.25) is 5.91 Å². The van der Waals surface area contributed by atoms with Gasteiger partial charge in [0.15, 0.2) is 0 Å². The zero-order valence-corrected chi connectivity index (χ0v) is 13.0. The smallest absolute Gasteiger partial charge is 0.224 e. The van der Waals surface area contributed by atoms with Crippen LogP contribution in [-0.2, 0) is 11.2 Å².